The van der Waals surface area contributed by atoms with E-state index in [-0.39, 0.29) is 0 Å². The Hall–Kier alpha value is -2.80. The molecule has 3 aromatic rings. The maximum Gasteiger partial charge on any atom is 0.416 e. The first kappa shape index (κ1) is 18.6. The highest BCUT2D eigenvalue weighted by molar-refractivity contribution is 5.85. The van der Waals surface area contributed by atoms with Gasteiger partial charge in [-0.3, -0.25) is 0 Å². The van der Waals surface area contributed by atoms with Crippen LogP contribution in [0.15, 0.2) is 54.6 Å². The molecule has 1 saturated heterocycles. The molecule has 1 aromatic heterocycles. The van der Waals surface area contributed by atoms with E-state index < -0.39 is 17.3 Å². The maximum absolute atomic E-state index is 13.1. The highest BCUT2D eigenvalue weighted by Crippen LogP contribution is 2.34. The summed E-state index contributed by atoms with van der Waals surface area (Å²) < 4.78 is 45.6. The van der Waals surface area contributed by atoms with E-state index >= 15 is 0 Å². The molecule has 0 unspecified atom stereocenters. The molecule has 2 aromatic carbocycles. The Kier molecular flexibility index (Phi) is 4.63. The molecule has 0 bridgehead atoms. The minimum atomic E-state index is -4.37. The molecule has 0 saturated carbocycles. The molecule has 0 aliphatic carbocycles. The predicted molar refractivity (Wildman–Crippen MR) is 102 cm³/mol. The number of nitrogens with two attached hydrogens (primary N) is 1. The van der Waals surface area contributed by atoms with Crippen LogP contribution in [-0.4, -0.2) is 23.7 Å². The molecule has 1 fully saturated rings. The van der Waals surface area contributed by atoms with Crippen molar-refractivity contribution < 1.29 is 17.9 Å². The van der Waals surface area contributed by atoms with Gasteiger partial charge in [-0.1, -0.05) is 30.3 Å². The van der Waals surface area contributed by atoms with Gasteiger partial charge in [0.05, 0.1) is 5.56 Å². The van der Waals surface area contributed by atoms with Gasteiger partial charge in [0.15, 0.2) is 0 Å². The van der Waals surface area contributed by atoms with Crippen LogP contribution in [0.25, 0.3) is 10.9 Å². The summed E-state index contributed by atoms with van der Waals surface area (Å²) >= 11 is 0. The average Bonchev–Trinajstić information content (AvgIpc) is 3.10. The lowest BCUT2D eigenvalue weighted by atomic mass is 9.92. The lowest BCUT2D eigenvalue weighted by Gasteiger charge is -2.30. The van der Waals surface area contributed by atoms with Crippen LogP contribution in [0.4, 0.5) is 19.0 Å². The third-order valence-electron chi connectivity index (χ3n) is 5.02. The van der Waals surface area contributed by atoms with E-state index in [0.29, 0.717) is 42.0 Å². The molecule has 2 heterocycles. The van der Waals surface area contributed by atoms with Crippen LogP contribution in [0, 0.1) is 0 Å². The number of hydrogen-bond acceptors (Lipinski definition) is 4. The Morgan fingerprint density at radius 1 is 1.11 bits per heavy atom. The zero-order chi connectivity index (χ0) is 19.8. The molecule has 1 atom stereocenters. The molecule has 146 valence electrons. The number of alkyl halides is 3. The van der Waals surface area contributed by atoms with Gasteiger partial charge < -0.3 is 15.8 Å². The van der Waals surface area contributed by atoms with Crippen LogP contribution in [0.5, 0.6) is 5.75 Å². The summed E-state index contributed by atoms with van der Waals surface area (Å²) in [6.45, 7) is 1.28. The normalized spacial score (nSPS) is 19.8. The summed E-state index contributed by atoms with van der Waals surface area (Å²) in [4.78, 5) is 4.39. The molecule has 0 radical (unpaired) electrons. The number of hydrogen-bond donors (Lipinski definition) is 2. The summed E-state index contributed by atoms with van der Waals surface area (Å²) in [5.74, 6) is 0.973. The molecule has 4 rings (SSSR count). The van der Waals surface area contributed by atoms with Crippen LogP contribution >= 0.6 is 0 Å². The lowest BCUT2D eigenvalue weighted by Crippen LogP contribution is -2.41. The number of aromatic nitrogens is 1. The number of benzene rings is 2. The number of pyridine rings is 1. The van der Waals surface area contributed by atoms with Gasteiger partial charge in [0.2, 0.25) is 0 Å². The van der Waals surface area contributed by atoms with E-state index in [2.05, 4.69) is 10.3 Å². The first-order valence-electron chi connectivity index (χ1n) is 9.06. The highest BCUT2D eigenvalue weighted by atomic mass is 19.4. The third-order valence-corrected chi connectivity index (χ3v) is 5.02. The fourth-order valence-electron chi connectivity index (χ4n) is 3.68. The number of nitrogens with zero attached hydrogens (tertiary/aromatic N) is 1. The molecule has 0 amide bonds. The Morgan fingerprint density at radius 3 is 2.68 bits per heavy atom. The van der Waals surface area contributed by atoms with Crippen LogP contribution in [0.2, 0.25) is 0 Å². The molecular weight excluding hydrogens is 367 g/mol. The number of nitrogen functional groups attached to an aromatic ring is 1. The van der Waals surface area contributed by atoms with Crippen LogP contribution < -0.4 is 15.8 Å². The topological polar surface area (TPSA) is 60.2 Å². The van der Waals surface area contributed by atoms with Gasteiger partial charge in [-0.15, -0.1) is 0 Å². The first-order valence-corrected chi connectivity index (χ1v) is 9.06. The van der Waals surface area contributed by atoms with E-state index in [4.69, 9.17) is 10.5 Å². The second kappa shape index (κ2) is 6.98. The quantitative estimate of drug-likeness (QED) is 0.705. The van der Waals surface area contributed by atoms with Crippen molar-refractivity contribution >= 4 is 16.7 Å². The van der Waals surface area contributed by atoms with E-state index in [1.807, 2.05) is 24.3 Å². The molecule has 28 heavy (non-hydrogen) atoms. The van der Waals surface area contributed by atoms with E-state index in [1.165, 1.54) is 12.1 Å². The van der Waals surface area contributed by atoms with Crippen molar-refractivity contribution in [3.63, 3.8) is 0 Å². The summed E-state index contributed by atoms with van der Waals surface area (Å²) in [6, 6.07) is 14.6. The Labute approximate surface area is 160 Å². The zero-order valence-electron chi connectivity index (χ0n) is 15.1. The molecule has 1 aliphatic rings. The number of para-hydroxylation sites is 1. The molecule has 1 aliphatic heterocycles. The van der Waals surface area contributed by atoms with E-state index in [0.717, 1.165) is 18.0 Å². The Balaban J connectivity index is 1.67. The molecule has 4 nitrogen and oxygen atoms in total. The summed E-state index contributed by atoms with van der Waals surface area (Å²) in [6.07, 6.45) is -3.32. The van der Waals surface area contributed by atoms with Crippen molar-refractivity contribution in [3.8, 4) is 5.75 Å². The molecular formula is C21H20F3N3O. The van der Waals surface area contributed by atoms with Crippen molar-refractivity contribution in [2.45, 2.75) is 24.6 Å². The minimum Gasteiger partial charge on any atom is -0.483 e. The average molecular weight is 387 g/mol. The number of anilines is 1. The standard InChI is InChI=1S/C21H20F3N3O/c22-21(23,24)16-5-1-3-14(11-16)12-20(9-10-26-13-20)28-17-6-2-4-15-7-8-18(25)27-19(15)17/h1-8,11,26H,9-10,12-13H2,(H2,25,27)/t20-/m1/s1. The van der Waals surface area contributed by atoms with Crippen molar-refractivity contribution in [2.75, 3.05) is 18.8 Å². The van der Waals surface area contributed by atoms with Gasteiger partial charge in [0.25, 0.3) is 0 Å². The van der Waals surface area contributed by atoms with Crippen molar-refractivity contribution in [1.82, 2.24) is 10.3 Å². The largest absolute Gasteiger partial charge is 0.483 e. The summed E-state index contributed by atoms with van der Waals surface area (Å²) in [7, 11) is 0. The smallest absolute Gasteiger partial charge is 0.416 e. The molecule has 3 N–H and O–H groups in total. The second-order valence-corrected chi connectivity index (χ2v) is 7.15. The van der Waals surface area contributed by atoms with Crippen LogP contribution in [0.3, 0.4) is 0 Å². The predicted octanol–water partition coefficient (Wildman–Crippen LogP) is 4.19. The fraction of sp³-hybridized carbons (Fsp3) is 0.286. The third kappa shape index (κ3) is 3.75. The van der Waals surface area contributed by atoms with Gasteiger partial charge in [-0.25, -0.2) is 4.98 Å². The van der Waals surface area contributed by atoms with Gasteiger partial charge in [0, 0.05) is 24.8 Å². The van der Waals surface area contributed by atoms with Crippen LogP contribution in [-0.2, 0) is 12.6 Å². The van der Waals surface area contributed by atoms with Crippen molar-refractivity contribution in [3.05, 3.63) is 65.7 Å². The van der Waals surface area contributed by atoms with Gasteiger partial charge in [0.1, 0.15) is 22.7 Å². The summed E-state index contributed by atoms with van der Waals surface area (Å²) in [5.41, 5.74) is 5.77. The second-order valence-electron chi connectivity index (χ2n) is 7.15. The zero-order valence-corrected chi connectivity index (χ0v) is 15.1. The van der Waals surface area contributed by atoms with Crippen molar-refractivity contribution in [1.29, 1.82) is 0 Å². The number of nitrogens with one attached hydrogen (secondary N) is 1. The van der Waals surface area contributed by atoms with Gasteiger partial charge in [-0.2, -0.15) is 13.2 Å². The van der Waals surface area contributed by atoms with Gasteiger partial charge in [-0.05, 0) is 36.4 Å². The number of halogens is 3. The maximum atomic E-state index is 13.1. The highest BCUT2D eigenvalue weighted by Gasteiger charge is 2.38. The fourth-order valence-corrected chi connectivity index (χ4v) is 3.68. The van der Waals surface area contributed by atoms with Crippen LogP contribution in [0.1, 0.15) is 17.5 Å². The number of ether oxygens (including phenoxy) is 1. The Morgan fingerprint density at radius 2 is 1.93 bits per heavy atom. The summed E-state index contributed by atoms with van der Waals surface area (Å²) in [5, 5.41) is 4.16. The SMILES string of the molecule is Nc1ccc2cccc(O[C@@]3(Cc4cccc(C(F)(F)F)c4)CCNC3)c2n1. The number of fused-ring (bicyclic) bond motifs is 1. The Bertz CT molecular complexity index is 998. The van der Waals surface area contributed by atoms with E-state index in [1.54, 1.807) is 12.1 Å². The van der Waals surface area contributed by atoms with E-state index in [9.17, 15) is 13.2 Å². The molecule has 7 heteroatoms. The lowest BCUT2D eigenvalue weighted by molar-refractivity contribution is -0.137. The first-order chi connectivity index (χ1) is 13.3. The molecule has 0 spiro atoms. The van der Waals surface area contributed by atoms with Gasteiger partial charge >= 0.3 is 6.18 Å². The monoisotopic (exact) mass is 387 g/mol. The van der Waals surface area contributed by atoms with Crippen molar-refractivity contribution in [2.24, 2.45) is 0 Å². The minimum absolute atomic E-state index is 0.364. The number of rotatable bonds is 4.